The number of rotatable bonds is 4. The van der Waals surface area contributed by atoms with E-state index >= 15 is 4.39 Å². The number of nitrogens with one attached hydrogen (secondary N) is 2. The van der Waals surface area contributed by atoms with E-state index < -0.39 is 18.1 Å². The van der Waals surface area contributed by atoms with E-state index in [0.717, 1.165) is 17.7 Å². The summed E-state index contributed by atoms with van der Waals surface area (Å²) in [6.07, 6.45) is 1.92. The van der Waals surface area contributed by atoms with Crippen LogP contribution in [0.2, 0.25) is 10.2 Å². The zero-order valence-electron chi connectivity index (χ0n) is 20.9. The van der Waals surface area contributed by atoms with Crippen LogP contribution in [0.5, 0.6) is 0 Å². The van der Waals surface area contributed by atoms with E-state index in [2.05, 4.69) is 25.6 Å². The minimum Gasteiger partial charge on any atom is -0.444 e. The number of ether oxygens (including phenoxy) is 1. The zero-order valence-corrected chi connectivity index (χ0v) is 22.4. The number of anilines is 1. The number of cyclic esters (lactones) is 1. The second-order valence-corrected chi connectivity index (χ2v) is 11.2. The maximum atomic E-state index is 15.2. The first-order valence-electron chi connectivity index (χ1n) is 12.8. The van der Waals surface area contributed by atoms with Gasteiger partial charge in [0.25, 0.3) is 5.56 Å². The molecule has 2 aromatic carbocycles. The monoisotopic (exact) mass is 589 g/mol. The number of H-pyrrole nitrogens is 1. The molecule has 0 bridgehead atoms. The minimum absolute atomic E-state index is 0.0907. The van der Waals surface area contributed by atoms with Crippen LogP contribution in [0.3, 0.4) is 0 Å². The third-order valence-corrected chi connectivity index (χ3v) is 8.34. The van der Waals surface area contributed by atoms with Crippen LogP contribution < -0.4 is 10.9 Å². The van der Waals surface area contributed by atoms with Gasteiger partial charge in [0.05, 0.1) is 23.6 Å². The van der Waals surface area contributed by atoms with E-state index in [9.17, 15) is 9.59 Å². The van der Waals surface area contributed by atoms with Crippen LogP contribution in [0.4, 0.5) is 14.9 Å². The smallest absolute Gasteiger partial charge is 0.411 e. The molecule has 1 saturated carbocycles. The first-order valence-corrected chi connectivity index (χ1v) is 13.6. The lowest BCUT2D eigenvalue weighted by Crippen LogP contribution is -2.26. The minimum atomic E-state index is -0.661. The Kier molecular flexibility index (Phi) is 5.20. The molecule has 1 aliphatic carbocycles. The Morgan fingerprint density at radius 2 is 1.93 bits per heavy atom. The fourth-order valence-electron chi connectivity index (χ4n) is 6.04. The highest BCUT2D eigenvalue weighted by molar-refractivity contribution is 6.31. The standard InChI is InChI=1S/C28H18Cl2FN7O3/c29-15-2-4-20(37-10-22(30)35-36-37)16(8-15)13-6-21-17-9-18(17)25(38(21)23(39)7-13)27-33-24(26(31)34-27)12-1-3-19-14(5-12)11-41-28(40)32-19/h1-8,10,17-18,25H,9,11H2,(H,32,40)(H,33,34). The Morgan fingerprint density at radius 3 is 2.76 bits per heavy atom. The summed E-state index contributed by atoms with van der Waals surface area (Å²) in [5, 5.41) is 11.3. The van der Waals surface area contributed by atoms with Gasteiger partial charge in [-0.05, 0) is 54.3 Å². The molecule has 5 heterocycles. The molecule has 1 fully saturated rings. The summed E-state index contributed by atoms with van der Waals surface area (Å²) in [4.78, 5) is 32.5. The molecule has 0 radical (unpaired) electrons. The second kappa shape index (κ2) is 8.76. The van der Waals surface area contributed by atoms with Gasteiger partial charge in [0.2, 0.25) is 5.95 Å². The van der Waals surface area contributed by atoms with Crippen molar-refractivity contribution in [3.63, 3.8) is 0 Å². The Balaban J connectivity index is 1.19. The van der Waals surface area contributed by atoms with Crippen molar-refractivity contribution in [2.24, 2.45) is 5.92 Å². The topological polar surface area (TPSA) is 120 Å². The van der Waals surface area contributed by atoms with Gasteiger partial charge in [-0.15, -0.1) is 5.10 Å². The molecular formula is C28H18Cl2FN7O3. The molecule has 0 spiro atoms. The van der Waals surface area contributed by atoms with Crippen molar-refractivity contribution < 1.29 is 13.9 Å². The van der Waals surface area contributed by atoms with Gasteiger partial charge in [-0.2, -0.15) is 4.39 Å². The van der Waals surface area contributed by atoms with Crippen molar-refractivity contribution in [2.75, 3.05) is 5.32 Å². The first kappa shape index (κ1) is 24.3. The average molecular weight is 590 g/mol. The van der Waals surface area contributed by atoms with Gasteiger partial charge in [-0.25, -0.2) is 14.5 Å². The molecule has 3 unspecified atom stereocenters. The third kappa shape index (κ3) is 3.87. The lowest BCUT2D eigenvalue weighted by Gasteiger charge is -2.18. The summed E-state index contributed by atoms with van der Waals surface area (Å²) in [7, 11) is 0. The Morgan fingerprint density at radius 1 is 1.05 bits per heavy atom. The number of benzene rings is 2. The molecule has 3 atom stereocenters. The van der Waals surface area contributed by atoms with Crippen LogP contribution in [0.25, 0.3) is 28.1 Å². The highest BCUT2D eigenvalue weighted by Crippen LogP contribution is 2.60. The van der Waals surface area contributed by atoms with E-state index in [-0.39, 0.29) is 34.8 Å². The van der Waals surface area contributed by atoms with Crippen LogP contribution in [-0.4, -0.2) is 35.6 Å². The fraction of sp³-hybridized carbons (Fsp3) is 0.179. The molecule has 1 amide bonds. The number of aromatic amines is 1. The number of hydrogen-bond acceptors (Lipinski definition) is 6. The molecule has 5 aromatic rings. The summed E-state index contributed by atoms with van der Waals surface area (Å²) >= 11 is 12.3. The van der Waals surface area contributed by atoms with E-state index in [1.807, 2.05) is 6.07 Å². The second-order valence-electron chi connectivity index (χ2n) is 10.3. The maximum absolute atomic E-state index is 15.2. The number of aromatic nitrogens is 6. The van der Waals surface area contributed by atoms with Crippen molar-refractivity contribution in [3.8, 4) is 28.1 Å². The summed E-state index contributed by atoms with van der Waals surface area (Å²) < 4.78 is 23.5. The van der Waals surface area contributed by atoms with E-state index in [1.54, 1.807) is 53.2 Å². The van der Waals surface area contributed by atoms with Crippen molar-refractivity contribution in [3.05, 3.63) is 98.3 Å². The molecule has 3 aliphatic rings. The molecule has 2 N–H and O–H groups in total. The van der Waals surface area contributed by atoms with Crippen molar-refractivity contribution >= 4 is 35.0 Å². The number of imidazole rings is 1. The summed E-state index contributed by atoms with van der Waals surface area (Å²) in [6.45, 7) is 0.0907. The van der Waals surface area contributed by atoms with Crippen LogP contribution in [0.15, 0.2) is 59.5 Å². The number of carbonyl (C=O) groups is 1. The first-order chi connectivity index (χ1) is 19.8. The summed E-state index contributed by atoms with van der Waals surface area (Å²) in [6, 6.07) is 13.6. The Hall–Kier alpha value is -4.48. The summed E-state index contributed by atoms with van der Waals surface area (Å²) in [5.41, 5.74) is 4.83. The Bertz CT molecular complexity index is 1980. The molecule has 10 nitrogen and oxygen atoms in total. The highest BCUT2D eigenvalue weighted by Gasteiger charge is 2.54. The number of carbonyl (C=O) groups excluding carboxylic acids is 1. The Labute approximate surface area is 240 Å². The molecular weight excluding hydrogens is 572 g/mol. The van der Waals surface area contributed by atoms with Crippen LogP contribution in [0.1, 0.15) is 35.5 Å². The molecule has 2 aliphatic heterocycles. The van der Waals surface area contributed by atoms with Crippen molar-refractivity contribution in [1.82, 2.24) is 29.5 Å². The van der Waals surface area contributed by atoms with Gasteiger partial charge in [0, 0.05) is 39.4 Å². The molecule has 3 aromatic heterocycles. The van der Waals surface area contributed by atoms with Crippen LogP contribution >= 0.6 is 23.2 Å². The van der Waals surface area contributed by atoms with Gasteiger partial charge in [-0.1, -0.05) is 34.5 Å². The van der Waals surface area contributed by atoms with Gasteiger partial charge in [0.15, 0.2) is 5.15 Å². The molecule has 0 saturated heterocycles. The number of nitrogens with zero attached hydrogens (tertiary/aromatic N) is 5. The zero-order chi connectivity index (χ0) is 28.0. The van der Waals surface area contributed by atoms with Gasteiger partial charge in [0.1, 0.15) is 18.1 Å². The van der Waals surface area contributed by atoms with E-state index in [1.165, 1.54) is 4.68 Å². The van der Waals surface area contributed by atoms with Crippen LogP contribution in [0, 0.1) is 11.9 Å². The predicted molar refractivity (Wildman–Crippen MR) is 148 cm³/mol. The van der Waals surface area contributed by atoms with Crippen molar-refractivity contribution in [1.29, 1.82) is 0 Å². The average Bonchev–Trinajstić information content (AvgIpc) is 3.27. The number of amides is 1. The lowest BCUT2D eigenvalue weighted by molar-refractivity contribution is 0.151. The quantitative estimate of drug-likeness (QED) is 0.277. The van der Waals surface area contributed by atoms with E-state index in [0.29, 0.717) is 38.9 Å². The number of hydrogen-bond donors (Lipinski definition) is 2. The van der Waals surface area contributed by atoms with Gasteiger partial charge in [-0.3, -0.25) is 10.1 Å². The van der Waals surface area contributed by atoms with Gasteiger partial charge >= 0.3 is 6.09 Å². The predicted octanol–water partition coefficient (Wildman–Crippen LogP) is 5.70. The van der Waals surface area contributed by atoms with Crippen LogP contribution in [-0.2, 0) is 11.3 Å². The number of fused-ring (bicyclic) bond motifs is 4. The number of halogens is 3. The highest BCUT2D eigenvalue weighted by atomic mass is 35.5. The van der Waals surface area contributed by atoms with Gasteiger partial charge < -0.3 is 14.3 Å². The molecule has 8 rings (SSSR count). The molecule has 204 valence electrons. The maximum Gasteiger partial charge on any atom is 0.411 e. The summed E-state index contributed by atoms with van der Waals surface area (Å²) in [5.74, 6) is 0.00123. The lowest BCUT2D eigenvalue weighted by atomic mass is 10.0. The largest absolute Gasteiger partial charge is 0.444 e. The molecule has 41 heavy (non-hydrogen) atoms. The SMILES string of the molecule is O=C1Nc2ccc(-c3[nH]c(C4C5CC5c5cc(-c6cc(Cl)ccc6-n6cc(Cl)nn6)cc(=O)n54)nc3F)cc2CO1. The number of pyridine rings is 1. The van der Waals surface area contributed by atoms with E-state index in [4.69, 9.17) is 27.9 Å². The fourth-order valence-corrected chi connectivity index (χ4v) is 6.34. The van der Waals surface area contributed by atoms with Crippen molar-refractivity contribution in [2.45, 2.75) is 25.0 Å². The normalized spacial score (nSPS) is 20.2. The third-order valence-electron chi connectivity index (χ3n) is 7.93. The molecule has 13 heteroatoms.